The van der Waals surface area contributed by atoms with Crippen LogP contribution >= 0.6 is 0 Å². The number of nitrogens with zero attached hydrogens (tertiary/aromatic N) is 2. The molecule has 3 rings (SSSR count). The van der Waals surface area contributed by atoms with Crippen LogP contribution in [-0.2, 0) is 11.3 Å². The lowest BCUT2D eigenvalue weighted by Crippen LogP contribution is -2.25. The first-order valence-electron chi connectivity index (χ1n) is 6.71. The fourth-order valence-electron chi connectivity index (χ4n) is 1.91. The van der Waals surface area contributed by atoms with Crippen LogP contribution in [0.2, 0.25) is 0 Å². The highest BCUT2D eigenvalue weighted by molar-refractivity contribution is 5.90. The molecule has 0 fully saturated rings. The summed E-state index contributed by atoms with van der Waals surface area (Å²) in [5.41, 5.74) is 0.764. The molecule has 0 aliphatic rings. The van der Waals surface area contributed by atoms with Gasteiger partial charge in [-0.1, -0.05) is 6.07 Å². The molecule has 0 radical (unpaired) electrons. The van der Waals surface area contributed by atoms with Crippen LogP contribution in [-0.4, -0.2) is 15.7 Å². The number of rotatable bonds is 4. The third-order valence-corrected chi connectivity index (χ3v) is 3.09. The van der Waals surface area contributed by atoms with Crippen LogP contribution in [0.1, 0.15) is 5.56 Å². The van der Waals surface area contributed by atoms with Crippen molar-refractivity contribution in [3.05, 3.63) is 58.5 Å². The highest BCUT2D eigenvalue weighted by Gasteiger charge is 2.15. The number of furan rings is 1. The Bertz CT molecular complexity index is 896. The van der Waals surface area contributed by atoms with E-state index in [4.69, 9.17) is 8.83 Å². The molecule has 2 aromatic heterocycles. The molecule has 0 aliphatic carbocycles. The average Bonchev–Trinajstić information content (AvgIpc) is 3.13. The van der Waals surface area contributed by atoms with E-state index >= 15 is 0 Å². The number of carbonyl (C=O) groups is 1. The Morgan fingerprint density at radius 3 is 2.91 bits per heavy atom. The molecule has 0 aliphatic heterocycles. The van der Waals surface area contributed by atoms with Crippen LogP contribution in [0.5, 0.6) is 0 Å². The normalized spacial score (nSPS) is 10.7. The minimum atomic E-state index is -0.790. The van der Waals surface area contributed by atoms with Gasteiger partial charge >= 0.3 is 5.76 Å². The van der Waals surface area contributed by atoms with Crippen LogP contribution in [0, 0.1) is 12.7 Å². The Hall–Kier alpha value is -3.16. The van der Waals surface area contributed by atoms with Gasteiger partial charge in [0.05, 0.1) is 6.26 Å². The first kappa shape index (κ1) is 14.8. The summed E-state index contributed by atoms with van der Waals surface area (Å²) < 4.78 is 24.3. The van der Waals surface area contributed by atoms with Crippen molar-refractivity contribution < 1.29 is 18.0 Å². The molecule has 1 N–H and O–H groups in total. The maximum absolute atomic E-state index is 13.4. The first-order valence-corrected chi connectivity index (χ1v) is 6.71. The number of hydrogen-bond acceptors (Lipinski definition) is 5. The van der Waals surface area contributed by atoms with E-state index in [1.807, 2.05) is 0 Å². The van der Waals surface area contributed by atoms with Crippen molar-refractivity contribution in [3.8, 4) is 11.7 Å². The lowest BCUT2D eigenvalue weighted by atomic mass is 10.2. The molecule has 1 aromatic carbocycles. The van der Waals surface area contributed by atoms with E-state index in [2.05, 4.69) is 10.4 Å². The molecule has 0 saturated carbocycles. The second kappa shape index (κ2) is 5.91. The second-order valence-electron chi connectivity index (χ2n) is 4.82. The number of aromatic nitrogens is 2. The van der Waals surface area contributed by atoms with Gasteiger partial charge in [-0.15, -0.1) is 5.10 Å². The SMILES string of the molecule is Cc1ccc(NC(=O)Cn2nc(-c3ccco3)oc2=O)cc1F. The van der Waals surface area contributed by atoms with Crippen molar-refractivity contribution in [2.24, 2.45) is 0 Å². The number of nitrogens with one attached hydrogen (secondary N) is 1. The first-order chi connectivity index (χ1) is 11.0. The summed E-state index contributed by atoms with van der Waals surface area (Å²) in [4.78, 5) is 23.6. The number of aryl methyl sites for hydroxylation is 1. The number of hydrogen-bond donors (Lipinski definition) is 1. The Balaban J connectivity index is 1.73. The van der Waals surface area contributed by atoms with Gasteiger partial charge in [-0.2, -0.15) is 4.68 Å². The summed E-state index contributed by atoms with van der Waals surface area (Å²) >= 11 is 0. The van der Waals surface area contributed by atoms with Gasteiger partial charge in [0, 0.05) is 5.69 Å². The predicted molar refractivity (Wildman–Crippen MR) is 78.2 cm³/mol. The molecule has 0 unspecified atom stereocenters. The molecular formula is C15H12FN3O4. The number of carbonyl (C=O) groups excluding carboxylic acids is 1. The van der Waals surface area contributed by atoms with Gasteiger partial charge in [-0.25, -0.2) is 9.18 Å². The summed E-state index contributed by atoms with van der Waals surface area (Å²) in [5, 5.41) is 6.36. The number of benzene rings is 1. The van der Waals surface area contributed by atoms with E-state index in [9.17, 15) is 14.0 Å². The quantitative estimate of drug-likeness (QED) is 0.796. The monoisotopic (exact) mass is 317 g/mol. The second-order valence-corrected chi connectivity index (χ2v) is 4.82. The zero-order valence-electron chi connectivity index (χ0n) is 12.1. The van der Waals surface area contributed by atoms with E-state index in [1.165, 1.54) is 12.3 Å². The minimum absolute atomic E-state index is 0.0193. The minimum Gasteiger partial charge on any atom is -0.459 e. The molecule has 0 spiro atoms. The van der Waals surface area contributed by atoms with E-state index in [-0.39, 0.29) is 18.2 Å². The molecule has 23 heavy (non-hydrogen) atoms. The standard InChI is InChI=1S/C15H12FN3O4/c1-9-4-5-10(7-11(9)16)17-13(20)8-19-15(21)23-14(18-19)12-3-2-6-22-12/h2-7H,8H2,1H3,(H,17,20). The Morgan fingerprint density at radius 2 is 2.22 bits per heavy atom. The number of amides is 1. The van der Waals surface area contributed by atoms with E-state index < -0.39 is 17.5 Å². The van der Waals surface area contributed by atoms with Crippen molar-refractivity contribution >= 4 is 11.6 Å². The van der Waals surface area contributed by atoms with E-state index in [1.54, 1.807) is 31.2 Å². The largest absolute Gasteiger partial charge is 0.459 e. The third kappa shape index (κ3) is 3.20. The maximum atomic E-state index is 13.4. The Kier molecular flexibility index (Phi) is 3.80. The maximum Gasteiger partial charge on any atom is 0.437 e. The molecule has 118 valence electrons. The van der Waals surface area contributed by atoms with Crippen molar-refractivity contribution in [2.45, 2.75) is 13.5 Å². The summed E-state index contributed by atoms with van der Waals surface area (Å²) in [6.45, 7) is 1.25. The number of anilines is 1. The fourth-order valence-corrected chi connectivity index (χ4v) is 1.91. The van der Waals surface area contributed by atoms with Crippen molar-refractivity contribution in [3.63, 3.8) is 0 Å². The highest BCUT2D eigenvalue weighted by atomic mass is 19.1. The highest BCUT2D eigenvalue weighted by Crippen LogP contribution is 2.15. The lowest BCUT2D eigenvalue weighted by Gasteiger charge is -2.05. The van der Waals surface area contributed by atoms with Crippen LogP contribution in [0.25, 0.3) is 11.7 Å². The third-order valence-electron chi connectivity index (χ3n) is 3.09. The smallest absolute Gasteiger partial charge is 0.437 e. The molecule has 3 aromatic rings. The number of halogens is 1. The van der Waals surface area contributed by atoms with Crippen LogP contribution in [0.15, 0.2) is 50.2 Å². The van der Waals surface area contributed by atoms with Gasteiger partial charge in [0.1, 0.15) is 12.4 Å². The molecule has 0 saturated heterocycles. The zero-order chi connectivity index (χ0) is 16.4. The van der Waals surface area contributed by atoms with Gasteiger partial charge in [0.25, 0.3) is 5.89 Å². The van der Waals surface area contributed by atoms with Gasteiger partial charge in [0.2, 0.25) is 5.91 Å². The molecule has 8 heteroatoms. The van der Waals surface area contributed by atoms with Crippen molar-refractivity contribution in [2.75, 3.05) is 5.32 Å². The Morgan fingerprint density at radius 1 is 1.39 bits per heavy atom. The molecule has 2 heterocycles. The van der Waals surface area contributed by atoms with E-state index in [0.29, 0.717) is 11.3 Å². The molecule has 0 atom stereocenters. The lowest BCUT2D eigenvalue weighted by molar-refractivity contribution is -0.117. The topological polar surface area (TPSA) is 90.3 Å². The predicted octanol–water partition coefficient (Wildman–Crippen LogP) is 2.18. The molecule has 1 amide bonds. The summed E-state index contributed by atoms with van der Waals surface area (Å²) in [6.07, 6.45) is 1.41. The molecule has 7 nitrogen and oxygen atoms in total. The summed E-state index contributed by atoms with van der Waals surface area (Å²) in [6, 6.07) is 7.50. The van der Waals surface area contributed by atoms with Crippen LogP contribution in [0.4, 0.5) is 10.1 Å². The summed E-state index contributed by atoms with van der Waals surface area (Å²) in [5.74, 6) is -1.49. The fraction of sp³-hybridized carbons (Fsp3) is 0.133. The van der Waals surface area contributed by atoms with Crippen molar-refractivity contribution in [1.29, 1.82) is 0 Å². The van der Waals surface area contributed by atoms with E-state index in [0.717, 1.165) is 4.68 Å². The average molecular weight is 317 g/mol. The van der Waals surface area contributed by atoms with Gasteiger partial charge in [-0.3, -0.25) is 4.79 Å². The van der Waals surface area contributed by atoms with Gasteiger partial charge < -0.3 is 14.2 Å². The van der Waals surface area contributed by atoms with Crippen molar-refractivity contribution in [1.82, 2.24) is 9.78 Å². The van der Waals surface area contributed by atoms with Gasteiger partial charge in [0.15, 0.2) is 5.76 Å². The van der Waals surface area contributed by atoms with Crippen LogP contribution < -0.4 is 11.1 Å². The zero-order valence-corrected chi connectivity index (χ0v) is 12.1. The summed E-state index contributed by atoms with van der Waals surface area (Å²) in [7, 11) is 0. The Labute approximate surface area is 129 Å². The van der Waals surface area contributed by atoms with Crippen LogP contribution in [0.3, 0.4) is 0 Å². The van der Waals surface area contributed by atoms with Gasteiger partial charge in [-0.05, 0) is 36.8 Å². The molecule has 0 bridgehead atoms. The molecular weight excluding hydrogens is 305 g/mol.